The fraction of sp³-hybridized carbons (Fsp3) is 0.278. The topological polar surface area (TPSA) is 29.1 Å². The molecule has 1 aliphatic heterocycles. The number of halogens is 2. The Bertz CT molecular complexity index is 730. The lowest BCUT2D eigenvalue weighted by atomic mass is 10.1. The first kappa shape index (κ1) is 17.3. The highest BCUT2D eigenvalue weighted by Gasteiger charge is 2.19. The van der Waals surface area contributed by atoms with Gasteiger partial charge in [0.25, 0.3) is 5.91 Å². The van der Waals surface area contributed by atoms with Gasteiger partial charge in [-0.3, -0.25) is 4.79 Å². The standard InChI is InChI=1S/C18H17F2NOS2/c1-11(15-7-6-14(19)10-16(15)20)21-17(22)12-2-4-13(5-3-12)18-23-8-9-24-18/h2-7,10-11,18H,8-9H2,1H3,(H,21,22)/t11-/m1/s1. The van der Waals surface area contributed by atoms with Crippen molar-refractivity contribution in [2.45, 2.75) is 17.5 Å². The van der Waals surface area contributed by atoms with E-state index in [1.807, 2.05) is 35.7 Å². The van der Waals surface area contributed by atoms with Crippen molar-refractivity contribution in [3.05, 3.63) is 70.8 Å². The third-order valence-electron chi connectivity index (χ3n) is 3.84. The number of carbonyl (C=O) groups is 1. The molecule has 0 bridgehead atoms. The van der Waals surface area contributed by atoms with Gasteiger partial charge in [0.1, 0.15) is 11.6 Å². The molecule has 2 aromatic rings. The largest absolute Gasteiger partial charge is 0.345 e. The van der Waals surface area contributed by atoms with E-state index in [4.69, 9.17) is 0 Å². The molecular formula is C18H17F2NOS2. The maximum absolute atomic E-state index is 13.8. The summed E-state index contributed by atoms with van der Waals surface area (Å²) in [6.07, 6.45) is 0. The summed E-state index contributed by atoms with van der Waals surface area (Å²) in [7, 11) is 0. The SMILES string of the molecule is C[C@@H](NC(=O)c1ccc(C2SCCS2)cc1)c1ccc(F)cc1F. The van der Waals surface area contributed by atoms with Gasteiger partial charge in [0, 0.05) is 28.7 Å². The van der Waals surface area contributed by atoms with Crippen LogP contribution in [0.2, 0.25) is 0 Å². The van der Waals surface area contributed by atoms with Gasteiger partial charge in [-0.2, -0.15) is 0 Å². The van der Waals surface area contributed by atoms with Crippen molar-refractivity contribution >= 4 is 29.4 Å². The zero-order valence-electron chi connectivity index (χ0n) is 13.1. The molecule has 1 aliphatic rings. The quantitative estimate of drug-likeness (QED) is 0.833. The maximum Gasteiger partial charge on any atom is 0.251 e. The molecule has 1 amide bonds. The van der Waals surface area contributed by atoms with Gasteiger partial charge >= 0.3 is 0 Å². The van der Waals surface area contributed by atoms with Crippen LogP contribution < -0.4 is 5.32 Å². The Morgan fingerprint density at radius 1 is 1.12 bits per heavy atom. The summed E-state index contributed by atoms with van der Waals surface area (Å²) >= 11 is 3.82. The smallest absolute Gasteiger partial charge is 0.251 e. The Labute approximate surface area is 148 Å². The number of benzene rings is 2. The molecule has 1 atom stereocenters. The molecule has 0 aromatic heterocycles. The van der Waals surface area contributed by atoms with Crippen LogP contribution in [0.3, 0.4) is 0 Å². The van der Waals surface area contributed by atoms with Crippen LogP contribution in [0.25, 0.3) is 0 Å². The lowest BCUT2D eigenvalue weighted by Gasteiger charge is -2.16. The number of nitrogens with one attached hydrogen (secondary N) is 1. The molecule has 1 heterocycles. The van der Waals surface area contributed by atoms with Crippen LogP contribution in [0.4, 0.5) is 8.78 Å². The number of amides is 1. The van der Waals surface area contributed by atoms with Gasteiger partial charge in [-0.25, -0.2) is 8.78 Å². The monoisotopic (exact) mass is 365 g/mol. The predicted molar refractivity (Wildman–Crippen MR) is 96.3 cm³/mol. The molecule has 2 aromatic carbocycles. The van der Waals surface area contributed by atoms with Crippen LogP contribution in [-0.2, 0) is 0 Å². The second-order valence-corrected chi connectivity index (χ2v) is 8.28. The van der Waals surface area contributed by atoms with Crippen LogP contribution in [0, 0.1) is 11.6 Å². The molecule has 2 nitrogen and oxygen atoms in total. The predicted octanol–water partition coefficient (Wildman–Crippen LogP) is 4.93. The lowest BCUT2D eigenvalue weighted by Crippen LogP contribution is -2.27. The van der Waals surface area contributed by atoms with Crippen LogP contribution in [0.1, 0.15) is 39.0 Å². The van der Waals surface area contributed by atoms with E-state index in [2.05, 4.69) is 5.32 Å². The van der Waals surface area contributed by atoms with E-state index >= 15 is 0 Å². The zero-order valence-corrected chi connectivity index (χ0v) is 14.7. The van der Waals surface area contributed by atoms with Crippen LogP contribution >= 0.6 is 23.5 Å². The summed E-state index contributed by atoms with van der Waals surface area (Å²) in [6.45, 7) is 1.67. The van der Waals surface area contributed by atoms with Crippen molar-refractivity contribution in [1.82, 2.24) is 5.32 Å². The maximum atomic E-state index is 13.8. The first-order valence-electron chi connectivity index (χ1n) is 7.63. The summed E-state index contributed by atoms with van der Waals surface area (Å²) in [5.41, 5.74) is 2.00. The second-order valence-electron chi connectivity index (χ2n) is 5.56. The molecule has 0 radical (unpaired) electrons. The summed E-state index contributed by atoms with van der Waals surface area (Å²) in [6, 6.07) is 10.3. The molecule has 24 heavy (non-hydrogen) atoms. The second kappa shape index (κ2) is 7.57. The van der Waals surface area contributed by atoms with E-state index in [0.717, 1.165) is 17.6 Å². The van der Waals surface area contributed by atoms with E-state index in [0.29, 0.717) is 10.1 Å². The first-order chi connectivity index (χ1) is 11.5. The fourth-order valence-corrected chi connectivity index (χ4v) is 5.41. The van der Waals surface area contributed by atoms with Crippen molar-refractivity contribution in [3.8, 4) is 0 Å². The Hall–Kier alpha value is -1.53. The highest BCUT2D eigenvalue weighted by Crippen LogP contribution is 2.45. The van der Waals surface area contributed by atoms with E-state index in [-0.39, 0.29) is 11.5 Å². The van der Waals surface area contributed by atoms with Crippen LogP contribution in [0.5, 0.6) is 0 Å². The van der Waals surface area contributed by atoms with Crippen molar-refractivity contribution in [2.24, 2.45) is 0 Å². The third-order valence-corrected chi connectivity index (χ3v) is 6.95. The molecule has 0 unspecified atom stereocenters. The van der Waals surface area contributed by atoms with E-state index in [1.54, 1.807) is 19.1 Å². The van der Waals surface area contributed by atoms with Crippen LogP contribution in [-0.4, -0.2) is 17.4 Å². The normalized spacial score (nSPS) is 16.1. The minimum absolute atomic E-state index is 0.264. The molecular weight excluding hydrogens is 348 g/mol. The number of hydrogen-bond donors (Lipinski definition) is 1. The summed E-state index contributed by atoms with van der Waals surface area (Å²) in [5.74, 6) is 0.738. The molecule has 1 fully saturated rings. The molecule has 1 N–H and O–H groups in total. The van der Waals surface area contributed by atoms with Crippen molar-refractivity contribution < 1.29 is 13.6 Å². The number of hydrogen-bond acceptors (Lipinski definition) is 3. The molecule has 0 saturated carbocycles. The lowest BCUT2D eigenvalue weighted by molar-refractivity contribution is 0.0939. The molecule has 3 rings (SSSR count). The van der Waals surface area contributed by atoms with Gasteiger partial charge in [0.15, 0.2) is 0 Å². The molecule has 6 heteroatoms. The summed E-state index contributed by atoms with van der Waals surface area (Å²) in [5, 5.41) is 2.75. The van der Waals surface area contributed by atoms with Gasteiger partial charge in [0.2, 0.25) is 0 Å². The Kier molecular flexibility index (Phi) is 5.46. The van der Waals surface area contributed by atoms with Gasteiger partial charge < -0.3 is 5.32 Å². The first-order valence-corrected chi connectivity index (χ1v) is 9.73. The highest BCUT2D eigenvalue weighted by molar-refractivity contribution is 8.19. The van der Waals surface area contributed by atoms with Gasteiger partial charge in [-0.15, -0.1) is 23.5 Å². The average Bonchev–Trinajstić information content (AvgIpc) is 3.09. The van der Waals surface area contributed by atoms with Gasteiger partial charge in [-0.05, 0) is 30.7 Å². The van der Waals surface area contributed by atoms with E-state index in [1.165, 1.54) is 17.7 Å². The van der Waals surface area contributed by atoms with Crippen LogP contribution in [0.15, 0.2) is 42.5 Å². The van der Waals surface area contributed by atoms with Crippen molar-refractivity contribution in [3.63, 3.8) is 0 Å². The molecule has 1 saturated heterocycles. The number of rotatable bonds is 4. The van der Waals surface area contributed by atoms with E-state index < -0.39 is 17.7 Å². The fourth-order valence-electron chi connectivity index (χ4n) is 2.55. The van der Waals surface area contributed by atoms with E-state index in [9.17, 15) is 13.6 Å². The third kappa shape index (κ3) is 3.92. The summed E-state index contributed by atoms with van der Waals surface area (Å²) in [4.78, 5) is 12.3. The number of carbonyl (C=O) groups excluding carboxylic acids is 1. The molecule has 0 aliphatic carbocycles. The van der Waals surface area contributed by atoms with Gasteiger partial charge in [0.05, 0.1) is 10.6 Å². The Morgan fingerprint density at radius 3 is 2.42 bits per heavy atom. The highest BCUT2D eigenvalue weighted by atomic mass is 32.2. The number of thioether (sulfide) groups is 2. The molecule has 126 valence electrons. The molecule has 0 spiro atoms. The van der Waals surface area contributed by atoms with Crippen molar-refractivity contribution in [1.29, 1.82) is 0 Å². The zero-order chi connectivity index (χ0) is 17.1. The average molecular weight is 365 g/mol. The minimum Gasteiger partial charge on any atom is -0.345 e. The van der Waals surface area contributed by atoms with Gasteiger partial charge in [-0.1, -0.05) is 18.2 Å². The van der Waals surface area contributed by atoms with Crippen molar-refractivity contribution in [2.75, 3.05) is 11.5 Å². The summed E-state index contributed by atoms with van der Waals surface area (Å²) < 4.78 is 27.2. The minimum atomic E-state index is -0.659. The Balaban J connectivity index is 1.67. The Morgan fingerprint density at radius 2 is 1.79 bits per heavy atom.